The van der Waals surface area contributed by atoms with Gasteiger partial charge >= 0.3 is 0 Å². The van der Waals surface area contributed by atoms with Crippen LogP contribution in [0.1, 0.15) is 45.4 Å². The highest BCUT2D eigenvalue weighted by molar-refractivity contribution is 7.89. The Morgan fingerprint density at radius 1 is 1.22 bits per heavy atom. The van der Waals surface area contributed by atoms with Crippen LogP contribution in [0, 0.1) is 17.8 Å². The van der Waals surface area contributed by atoms with E-state index in [9.17, 15) is 13.2 Å². The molecule has 0 spiro atoms. The molecule has 3 rings (SSSR count). The van der Waals surface area contributed by atoms with Gasteiger partial charge in [-0.2, -0.15) is 0 Å². The third-order valence-electron chi connectivity index (χ3n) is 5.98. The molecule has 4 atom stereocenters. The zero-order valence-corrected chi connectivity index (χ0v) is 16.9. The number of sulfonamides is 1. The number of methoxy groups -OCH3 is 1. The molecule has 2 N–H and O–H groups in total. The van der Waals surface area contributed by atoms with Crippen LogP contribution in [0.5, 0.6) is 0 Å². The molecule has 1 amide bonds. The Kier molecular flexibility index (Phi) is 6.55. The van der Waals surface area contributed by atoms with E-state index in [0.717, 1.165) is 12.3 Å². The second-order valence-corrected chi connectivity index (χ2v) is 9.63. The summed E-state index contributed by atoms with van der Waals surface area (Å²) >= 11 is 0. The average molecular weight is 395 g/mol. The quantitative estimate of drug-likeness (QED) is 0.630. The van der Waals surface area contributed by atoms with E-state index < -0.39 is 10.0 Å². The second-order valence-electron chi connectivity index (χ2n) is 7.92. The molecule has 6 nitrogen and oxygen atoms in total. The number of carbonyl (C=O) groups is 1. The topological polar surface area (TPSA) is 84.5 Å². The summed E-state index contributed by atoms with van der Waals surface area (Å²) in [7, 11) is -1.96. The molecule has 2 saturated carbocycles. The van der Waals surface area contributed by atoms with Crippen molar-refractivity contribution in [3.05, 3.63) is 24.3 Å². The average Bonchev–Trinajstić information content (AvgIpc) is 3.25. The highest BCUT2D eigenvalue weighted by atomic mass is 32.2. The second kappa shape index (κ2) is 8.71. The number of benzene rings is 1. The van der Waals surface area contributed by atoms with Crippen molar-refractivity contribution < 1.29 is 17.9 Å². The van der Waals surface area contributed by atoms with Gasteiger partial charge in [-0.3, -0.25) is 4.79 Å². The van der Waals surface area contributed by atoms with E-state index in [1.54, 1.807) is 31.4 Å². The molecule has 2 bridgehead atoms. The Balaban J connectivity index is 1.56. The van der Waals surface area contributed by atoms with Crippen molar-refractivity contribution in [1.82, 2.24) is 4.72 Å². The predicted molar refractivity (Wildman–Crippen MR) is 105 cm³/mol. The molecule has 2 fully saturated rings. The van der Waals surface area contributed by atoms with E-state index in [1.165, 1.54) is 19.3 Å². The summed E-state index contributed by atoms with van der Waals surface area (Å²) in [6.07, 6.45) is 5.97. The summed E-state index contributed by atoms with van der Waals surface area (Å²) < 4.78 is 33.2. The van der Waals surface area contributed by atoms with Crippen molar-refractivity contribution in [2.75, 3.05) is 19.0 Å². The largest absolute Gasteiger partial charge is 0.385 e. The molecule has 27 heavy (non-hydrogen) atoms. The van der Waals surface area contributed by atoms with Gasteiger partial charge in [0.25, 0.3) is 0 Å². The van der Waals surface area contributed by atoms with E-state index in [0.29, 0.717) is 37.0 Å². The summed E-state index contributed by atoms with van der Waals surface area (Å²) in [4.78, 5) is 12.1. The van der Waals surface area contributed by atoms with Crippen molar-refractivity contribution in [3.8, 4) is 0 Å². The van der Waals surface area contributed by atoms with Crippen LogP contribution in [0.3, 0.4) is 0 Å². The van der Waals surface area contributed by atoms with Gasteiger partial charge in [0.15, 0.2) is 0 Å². The van der Waals surface area contributed by atoms with Gasteiger partial charge in [-0.05, 0) is 74.6 Å². The molecular formula is C20H30N2O4S. The molecule has 0 saturated heterocycles. The first kappa shape index (κ1) is 20.3. The highest BCUT2D eigenvalue weighted by Crippen LogP contribution is 2.49. The van der Waals surface area contributed by atoms with Gasteiger partial charge in [0.1, 0.15) is 0 Å². The van der Waals surface area contributed by atoms with Crippen molar-refractivity contribution in [2.24, 2.45) is 17.8 Å². The Morgan fingerprint density at radius 2 is 1.96 bits per heavy atom. The number of amides is 1. The van der Waals surface area contributed by atoms with Crippen molar-refractivity contribution in [1.29, 1.82) is 0 Å². The fourth-order valence-corrected chi connectivity index (χ4v) is 5.92. The minimum atomic E-state index is -3.56. The van der Waals surface area contributed by atoms with Gasteiger partial charge in [-0.15, -0.1) is 0 Å². The first-order valence-electron chi connectivity index (χ1n) is 9.80. The van der Waals surface area contributed by atoms with Crippen molar-refractivity contribution in [3.63, 3.8) is 0 Å². The van der Waals surface area contributed by atoms with E-state index in [-0.39, 0.29) is 16.8 Å². The zero-order valence-electron chi connectivity index (χ0n) is 16.1. The number of carbonyl (C=O) groups excluding carboxylic acids is 1. The number of hydrogen-bond acceptors (Lipinski definition) is 4. The summed E-state index contributed by atoms with van der Waals surface area (Å²) in [5, 5.41) is 2.77. The first-order chi connectivity index (χ1) is 12.9. The van der Waals surface area contributed by atoms with Crippen LogP contribution < -0.4 is 10.0 Å². The fourth-order valence-electron chi connectivity index (χ4n) is 4.62. The minimum absolute atomic E-state index is 0.0505. The minimum Gasteiger partial charge on any atom is -0.385 e. The molecular weight excluding hydrogens is 364 g/mol. The maximum atomic E-state index is 12.7. The molecule has 0 unspecified atom stereocenters. The lowest BCUT2D eigenvalue weighted by molar-refractivity contribution is -0.116. The third-order valence-corrected chi connectivity index (χ3v) is 7.55. The Labute approximate surface area is 162 Å². The standard InChI is InChI=1S/C20H30N2O4S/c1-14(19-13-15-5-6-16(19)12-15)22-27(24,25)18-9-7-17(8-10-18)21-20(23)4-3-11-26-2/h7-10,14-16,19,22H,3-6,11-13H2,1-2H3,(H,21,23)/t14-,15-,16-,19-/m1/s1. The van der Waals surface area contributed by atoms with Crippen LogP contribution in [0.25, 0.3) is 0 Å². The van der Waals surface area contributed by atoms with Crippen molar-refractivity contribution >= 4 is 21.6 Å². The zero-order chi connectivity index (χ0) is 19.4. The molecule has 7 heteroatoms. The van der Waals surface area contributed by atoms with Crippen LogP contribution >= 0.6 is 0 Å². The maximum Gasteiger partial charge on any atom is 0.240 e. The van der Waals surface area contributed by atoms with E-state index in [4.69, 9.17) is 4.74 Å². The van der Waals surface area contributed by atoms with E-state index in [1.807, 2.05) is 6.92 Å². The molecule has 1 aromatic rings. The van der Waals surface area contributed by atoms with Gasteiger partial charge in [0, 0.05) is 31.9 Å². The lowest BCUT2D eigenvalue weighted by atomic mass is 9.84. The summed E-state index contributed by atoms with van der Waals surface area (Å²) in [5.74, 6) is 1.80. The molecule has 150 valence electrons. The summed E-state index contributed by atoms with van der Waals surface area (Å²) in [6, 6.07) is 6.29. The van der Waals surface area contributed by atoms with Crippen LogP contribution in [-0.4, -0.2) is 34.1 Å². The Hall–Kier alpha value is -1.44. The Morgan fingerprint density at radius 3 is 2.56 bits per heavy atom. The van der Waals surface area contributed by atoms with Crippen molar-refractivity contribution in [2.45, 2.75) is 56.4 Å². The van der Waals surface area contributed by atoms with Gasteiger partial charge in [-0.1, -0.05) is 6.42 Å². The van der Waals surface area contributed by atoms with Gasteiger partial charge < -0.3 is 10.1 Å². The van der Waals surface area contributed by atoms with Crippen LogP contribution in [0.15, 0.2) is 29.2 Å². The van der Waals surface area contributed by atoms with E-state index in [2.05, 4.69) is 10.0 Å². The molecule has 2 aliphatic carbocycles. The number of anilines is 1. The molecule has 0 heterocycles. The predicted octanol–water partition coefficient (Wildman–Crippen LogP) is 3.15. The smallest absolute Gasteiger partial charge is 0.240 e. The Bertz CT molecular complexity index is 748. The normalized spacial score (nSPS) is 25.5. The van der Waals surface area contributed by atoms with Gasteiger partial charge in [-0.25, -0.2) is 13.1 Å². The molecule has 1 aromatic carbocycles. The number of hydrogen-bond donors (Lipinski definition) is 2. The molecule has 0 radical (unpaired) electrons. The van der Waals surface area contributed by atoms with E-state index >= 15 is 0 Å². The third kappa shape index (κ3) is 5.09. The highest BCUT2D eigenvalue weighted by Gasteiger charge is 2.42. The molecule has 0 aliphatic heterocycles. The summed E-state index contributed by atoms with van der Waals surface area (Å²) in [5.41, 5.74) is 0.595. The van der Waals surface area contributed by atoms with Crippen LogP contribution in [-0.2, 0) is 19.6 Å². The number of nitrogens with one attached hydrogen (secondary N) is 2. The number of rotatable bonds is 9. The van der Waals surface area contributed by atoms with Gasteiger partial charge in [0.05, 0.1) is 4.90 Å². The lowest BCUT2D eigenvalue weighted by Crippen LogP contribution is -2.40. The van der Waals surface area contributed by atoms with Crippen LogP contribution in [0.4, 0.5) is 5.69 Å². The number of ether oxygens (including phenoxy) is 1. The van der Waals surface area contributed by atoms with Gasteiger partial charge in [0.2, 0.25) is 15.9 Å². The van der Waals surface area contributed by atoms with Crippen LogP contribution in [0.2, 0.25) is 0 Å². The summed E-state index contributed by atoms with van der Waals surface area (Å²) in [6.45, 7) is 2.52. The maximum absolute atomic E-state index is 12.7. The molecule has 2 aliphatic rings. The number of fused-ring (bicyclic) bond motifs is 2. The SMILES string of the molecule is COCCCC(=O)Nc1ccc(S(=O)(=O)N[C@H](C)[C@H]2C[C@@H]3CC[C@@H]2C3)cc1. The monoisotopic (exact) mass is 394 g/mol. The first-order valence-corrected chi connectivity index (χ1v) is 11.3. The lowest BCUT2D eigenvalue weighted by Gasteiger charge is -2.28. The fraction of sp³-hybridized carbons (Fsp3) is 0.650. The molecule has 0 aromatic heterocycles.